The van der Waals surface area contributed by atoms with Crippen molar-refractivity contribution in [1.29, 1.82) is 0 Å². The number of amides is 5. The molecule has 5 amide bonds. The molecule has 4 aliphatic rings. The first kappa shape index (κ1) is 40.5. The van der Waals surface area contributed by atoms with Crippen LogP contribution in [0.5, 0.6) is 0 Å². The van der Waals surface area contributed by atoms with E-state index in [1.54, 1.807) is 0 Å². The number of aromatic nitrogens is 2. The van der Waals surface area contributed by atoms with Crippen molar-refractivity contribution in [2.75, 3.05) is 6.54 Å². The van der Waals surface area contributed by atoms with Gasteiger partial charge in [-0.05, 0) is 55.1 Å². The van der Waals surface area contributed by atoms with Crippen molar-refractivity contribution in [2.45, 2.75) is 128 Å². The van der Waals surface area contributed by atoms with E-state index in [9.17, 15) is 28.8 Å². The predicted molar refractivity (Wildman–Crippen MR) is 206 cm³/mol. The monoisotopic (exact) mass is 770 g/mol. The molecule has 0 radical (unpaired) electrons. The summed E-state index contributed by atoms with van der Waals surface area (Å²) in [7, 11) is 0. The van der Waals surface area contributed by atoms with Crippen molar-refractivity contribution in [3.05, 3.63) is 66.3 Å². The summed E-state index contributed by atoms with van der Waals surface area (Å²) in [5.41, 5.74) is 2.59. The molecule has 2 saturated carbocycles. The van der Waals surface area contributed by atoms with Gasteiger partial charge in [0.1, 0.15) is 29.4 Å². The van der Waals surface area contributed by atoms with Crippen LogP contribution in [0.15, 0.2) is 55.0 Å². The molecule has 1 spiro atoms. The Labute approximate surface area is 327 Å². The summed E-state index contributed by atoms with van der Waals surface area (Å²) in [5.74, 6) is -3.84. The lowest BCUT2D eigenvalue weighted by Crippen LogP contribution is -2.62. The molecule has 1 aromatic heterocycles. The molecule has 2 aromatic rings. The maximum Gasteiger partial charge on any atom is 0.289 e. The molecule has 1 saturated heterocycles. The fraction of sp³-hybridized carbons (Fsp3) is 0.561. The molecular weight excluding hydrogens is 716 g/mol. The van der Waals surface area contributed by atoms with E-state index in [0.717, 1.165) is 50.5 Å². The number of ketones is 1. The summed E-state index contributed by atoms with van der Waals surface area (Å²) in [5, 5.41) is 11.4. The number of carbonyl (C=O) groups excluding carboxylic acids is 6. The number of benzene rings is 1. The minimum absolute atomic E-state index is 0.0348. The number of hydrogen-bond acceptors (Lipinski definition) is 10. The molecule has 2 aliphatic carbocycles. The highest BCUT2D eigenvalue weighted by molar-refractivity contribution is 6.38. The summed E-state index contributed by atoms with van der Waals surface area (Å²) in [4.78, 5) is 98.7. The summed E-state index contributed by atoms with van der Waals surface area (Å²) >= 11 is 0. The van der Waals surface area contributed by atoms with E-state index in [1.165, 1.54) is 23.5 Å². The molecule has 5 atom stereocenters. The Morgan fingerprint density at radius 2 is 1.70 bits per heavy atom. The Hall–Kier alpha value is -5.18. The van der Waals surface area contributed by atoms with Crippen LogP contribution in [0.2, 0.25) is 0 Å². The molecule has 6 rings (SSSR count). The van der Waals surface area contributed by atoms with Crippen LogP contribution in [0.25, 0.3) is 5.70 Å². The standard InChI is InChI=1S/C41H54N8O7/c1-5-12-28(33(50)38(54)44-27-17-18-27)45-36(52)31-22-41(21-29(48-56-41)25-13-8-6-9-14-25)24-49(31)39(55)34(40(2,3)4)47-37(53)32(26-15-10-7-11-16-26)46-35(51)30-23-42-19-20-43-30/h6,8-9,13-14,19-21,23,26-28,31-32,34,48H,5,7,10-12,15-18,22,24H2,1-4H3,(H,44,54)(H,45,52)(H,46,51)(H,47,53)/t28-,31-,32-,34+,41+/m0/s1. The number of carbonyl (C=O) groups is 6. The van der Waals surface area contributed by atoms with Crippen LogP contribution in [0.4, 0.5) is 0 Å². The Morgan fingerprint density at radius 1 is 0.964 bits per heavy atom. The third-order valence-electron chi connectivity index (χ3n) is 11.0. The van der Waals surface area contributed by atoms with Crippen molar-refractivity contribution >= 4 is 41.0 Å². The molecule has 0 bridgehead atoms. The molecule has 2 aliphatic heterocycles. The number of rotatable bonds is 14. The highest BCUT2D eigenvalue weighted by atomic mass is 16.7. The highest BCUT2D eigenvalue weighted by Crippen LogP contribution is 2.39. The molecule has 1 aromatic carbocycles. The van der Waals surface area contributed by atoms with Crippen molar-refractivity contribution in [1.82, 2.24) is 41.6 Å². The van der Waals surface area contributed by atoms with E-state index in [-0.39, 0.29) is 37.0 Å². The summed E-state index contributed by atoms with van der Waals surface area (Å²) in [6.45, 7) is 7.27. The Balaban J connectivity index is 1.28. The van der Waals surface area contributed by atoms with Gasteiger partial charge in [-0.15, -0.1) is 0 Å². The zero-order chi connectivity index (χ0) is 40.0. The van der Waals surface area contributed by atoms with Gasteiger partial charge in [0.05, 0.1) is 24.5 Å². The van der Waals surface area contributed by atoms with Crippen LogP contribution >= 0.6 is 0 Å². The van der Waals surface area contributed by atoms with Gasteiger partial charge >= 0.3 is 0 Å². The second-order valence-corrected chi connectivity index (χ2v) is 16.6. The largest absolute Gasteiger partial charge is 0.347 e. The number of nitrogens with one attached hydrogen (secondary N) is 5. The molecule has 15 nitrogen and oxygen atoms in total. The molecule has 3 heterocycles. The summed E-state index contributed by atoms with van der Waals surface area (Å²) < 4.78 is 0. The summed E-state index contributed by atoms with van der Waals surface area (Å²) in [6, 6.07) is 5.16. The molecule has 3 fully saturated rings. The van der Waals surface area contributed by atoms with Crippen molar-refractivity contribution in [2.24, 2.45) is 11.3 Å². The third kappa shape index (κ3) is 9.60. The van der Waals surface area contributed by atoms with Gasteiger partial charge in [-0.1, -0.05) is 83.7 Å². The molecule has 0 unspecified atom stereocenters. The molecular formula is C41H54N8O7. The first-order chi connectivity index (χ1) is 26.8. The maximum absolute atomic E-state index is 15.0. The minimum Gasteiger partial charge on any atom is -0.347 e. The second-order valence-electron chi connectivity index (χ2n) is 16.6. The zero-order valence-electron chi connectivity index (χ0n) is 32.6. The van der Waals surface area contributed by atoms with Crippen molar-refractivity contribution in [3.8, 4) is 0 Å². The van der Waals surface area contributed by atoms with E-state index in [2.05, 4.69) is 36.7 Å². The van der Waals surface area contributed by atoms with E-state index in [1.807, 2.05) is 64.1 Å². The minimum atomic E-state index is -1.13. The van der Waals surface area contributed by atoms with Crippen molar-refractivity contribution < 1.29 is 33.6 Å². The SMILES string of the molecule is CCC[C@H](NC(=O)[C@@H]1C[C@]2(C=C(c3ccccc3)NO2)CN1C(=O)[C@@H](NC(=O)[C@@H](NC(=O)c1cnccn1)C1CCCCC1)C(C)(C)C)C(=O)C(=O)NC1CC1. The first-order valence-corrected chi connectivity index (χ1v) is 19.8. The van der Waals surface area contributed by atoms with Crippen LogP contribution in [-0.4, -0.2) is 92.5 Å². The van der Waals surface area contributed by atoms with E-state index < -0.39 is 70.5 Å². The fourth-order valence-corrected chi connectivity index (χ4v) is 7.79. The predicted octanol–water partition coefficient (Wildman–Crippen LogP) is 2.73. The normalized spacial score (nSPS) is 22.6. The number of likely N-dealkylation sites (tertiary alicyclic amines) is 1. The first-order valence-electron chi connectivity index (χ1n) is 19.8. The number of hydroxylamine groups is 1. The molecule has 56 heavy (non-hydrogen) atoms. The van der Waals surface area contributed by atoms with Crippen molar-refractivity contribution in [3.63, 3.8) is 0 Å². The molecule has 300 valence electrons. The van der Waals surface area contributed by atoms with Gasteiger partial charge in [0, 0.05) is 24.9 Å². The lowest BCUT2D eigenvalue weighted by molar-refractivity contribution is -0.145. The number of Topliss-reactive ketones (excluding diaryl/α,β-unsaturated/α-hetero) is 1. The van der Waals surface area contributed by atoms with Crippen LogP contribution in [0, 0.1) is 11.3 Å². The topological polar surface area (TPSA) is 201 Å². The van der Waals surface area contributed by atoms with E-state index in [4.69, 9.17) is 4.84 Å². The third-order valence-corrected chi connectivity index (χ3v) is 11.0. The van der Waals surface area contributed by atoms with E-state index in [0.29, 0.717) is 12.1 Å². The van der Waals surface area contributed by atoms with Gasteiger partial charge < -0.3 is 26.2 Å². The Kier molecular flexibility index (Phi) is 12.5. The average Bonchev–Trinajstić information content (AvgIpc) is 3.79. The average molecular weight is 771 g/mol. The highest BCUT2D eigenvalue weighted by Gasteiger charge is 2.54. The van der Waals surface area contributed by atoms with Gasteiger partial charge in [-0.3, -0.25) is 44.1 Å². The van der Waals surface area contributed by atoms with Gasteiger partial charge in [0.2, 0.25) is 23.5 Å². The zero-order valence-corrected chi connectivity index (χ0v) is 32.6. The molecule has 15 heteroatoms. The maximum atomic E-state index is 15.0. The lowest BCUT2D eigenvalue weighted by Gasteiger charge is -2.37. The van der Waals surface area contributed by atoms with Gasteiger partial charge in [-0.2, -0.15) is 0 Å². The summed E-state index contributed by atoms with van der Waals surface area (Å²) in [6.07, 6.45) is 12.7. The Morgan fingerprint density at radius 3 is 2.34 bits per heavy atom. The number of hydrogen-bond donors (Lipinski definition) is 5. The van der Waals surface area contributed by atoms with Crippen LogP contribution in [-0.2, 0) is 28.8 Å². The van der Waals surface area contributed by atoms with Gasteiger partial charge in [-0.25, -0.2) is 4.98 Å². The van der Waals surface area contributed by atoms with E-state index >= 15 is 0 Å². The quantitative estimate of drug-likeness (QED) is 0.178. The van der Waals surface area contributed by atoms with Crippen LogP contribution < -0.4 is 26.7 Å². The molecule has 5 N–H and O–H groups in total. The lowest BCUT2D eigenvalue weighted by atomic mass is 9.82. The van der Waals surface area contributed by atoms with Gasteiger partial charge in [0.25, 0.3) is 11.8 Å². The smallest absolute Gasteiger partial charge is 0.289 e. The second kappa shape index (κ2) is 17.3. The van der Waals surface area contributed by atoms with Crippen LogP contribution in [0.1, 0.15) is 108 Å². The van der Waals surface area contributed by atoms with Crippen LogP contribution in [0.3, 0.4) is 0 Å². The van der Waals surface area contributed by atoms with Gasteiger partial charge in [0.15, 0.2) is 0 Å². The Bertz CT molecular complexity index is 1810. The number of nitrogens with zero attached hydrogens (tertiary/aromatic N) is 3. The fourth-order valence-electron chi connectivity index (χ4n) is 7.79.